The van der Waals surface area contributed by atoms with Crippen LogP contribution >= 0.6 is 0 Å². The highest BCUT2D eigenvalue weighted by Crippen LogP contribution is 2.23. The SMILES string of the molecule is Cc1cccc(NC(=O)c2cnn(-c3ccccc3)c2NC(=O)c2ccc(F)cc2)c1. The number of anilines is 2. The summed E-state index contributed by atoms with van der Waals surface area (Å²) in [4.78, 5) is 25.8. The summed E-state index contributed by atoms with van der Waals surface area (Å²) in [6.07, 6.45) is 1.40. The summed E-state index contributed by atoms with van der Waals surface area (Å²) in [6, 6.07) is 21.7. The zero-order chi connectivity index (χ0) is 21.8. The molecule has 7 heteroatoms. The molecule has 0 aliphatic carbocycles. The highest BCUT2D eigenvalue weighted by Gasteiger charge is 2.21. The molecule has 0 unspecified atom stereocenters. The van der Waals surface area contributed by atoms with Crippen LogP contribution in [-0.2, 0) is 0 Å². The minimum absolute atomic E-state index is 0.195. The highest BCUT2D eigenvalue weighted by molar-refractivity contribution is 6.12. The predicted molar refractivity (Wildman–Crippen MR) is 117 cm³/mol. The van der Waals surface area contributed by atoms with E-state index in [1.807, 2.05) is 55.5 Å². The average Bonchev–Trinajstić information content (AvgIpc) is 3.18. The van der Waals surface area contributed by atoms with Crippen LogP contribution in [0.5, 0.6) is 0 Å². The van der Waals surface area contributed by atoms with Crippen LogP contribution in [0.25, 0.3) is 5.69 Å². The largest absolute Gasteiger partial charge is 0.322 e. The fourth-order valence-corrected chi connectivity index (χ4v) is 3.10. The van der Waals surface area contributed by atoms with Crippen LogP contribution < -0.4 is 10.6 Å². The Hall–Kier alpha value is -4.26. The van der Waals surface area contributed by atoms with Crippen LogP contribution in [0.1, 0.15) is 26.3 Å². The van der Waals surface area contributed by atoms with Crippen molar-refractivity contribution in [1.82, 2.24) is 9.78 Å². The molecule has 2 N–H and O–H groups in total. The first kappa shape index (κ1) is 20.0. The standard InChI is InChI=1S/C24H19FN4O2/c1-16-6-5-7-19(14-16)27-24(31)21-15-26-29(20-8-3-2-4-9-20)22(21)28-23(30)17-10-12-18(25)13-11-17/h2-15H,1H3,(H,27,31)(H,28,30). The van der Waals surface area contributed by atoms with E-state index in [1.165, 1.54) is 35.1 Å². The number of hydrogen-bond donors (Lipinski definition) is 2. The number of rotatable bonds is 5. The number of para-hydroxylation sites is 1. The van der Waals surface area contributed by atoms with Crippen molar-refractivity contribution >= 4 is 23.3 Å². The van der Waals surface area contributed by atoms with Crippen LogP contribution in [0, 0.1) is 12.7 Å². The normalized spacial score (nSPS) is 10.5. The molecule has 1 aromatic heterocycles. The maximum atomic E-state index is 13.2. The van der Waals surface area contributed by atoms with Gasteiger partial charge in [0.15, 0.2) is 0 Å². The van der Waals surface area contributed by atoms with Crippen molar-refractivity contribution in [3.8, 4) is 5.69 Å². The number of hydrogen-bond acceptors (Lipinski definition) is 3. The Morgan fingerprint density at radius 2 is 1.61 bits per heavy atom. The number of nitrogens with zero attached hydrogens (tertiary/aromatic N) is 2. The molecule has 4 rings (SSSR count). The fourth-order valence-electron chi connectivity index (χ4n) is 3.10. The van der Waals surface area contributed by atoms with E-state index in [4.69, 9.17) is 0 Å². The summed E-state index contributed by atoms with van der Waals surface area (Å²) < 4.78 is 14.7. The van der Waals surface area contributed by atoms with Crippen molar-refractivity contribution < 1.29 is 14.0 Å². The third-order valence-electron chi connectivity index (χ3n) is 4.63. The number of halogens is 1. The van der Waals surface area contributed by atoms with Gasteiger partial charge in [0.1, 0.15) is 17.2 Å². The molecule has 0 atom stereocenters. The second-order valence-electron chi connectivity index (χ2n) is 6.94. The van der Waals surface area contributed by atoms with Gasteiger partial charge in [-0.2, -0.15) is 5.10 Å². The minimum Gasteiger partial charge on any atom is -0.322 e. The summed E-state index contributed by atoms with van der Waals surface area (Å²) in [5, 5.41) is 9.89. The summed E-state index contributed by atoms with van der Waals surface area (Å²) >= 11 is 0. The number of carbonyl (C=O) groups is 2. The maximum absolute atomic E-state index is 13.2. The van der Waals surface area contributed by atoms with Gasteiger partial charge in [0.05, 0.1) is 11.9 Å². The molecule has 6 nitrogen and oxygen atoms in total. The first-order valence-electron chi connectivity index (χ1n) is 9.59. The molecule has 0 spiro atoms. The Morgan fingerprint density at radius 3 is 2.32 bits per heavy atom. The minimum atomic E-state index is -0.484. The fraction of sp³-hybridized carbons (Fsp3) is 0.0417. The molecular weight excluding hydrogens is 395 g/mol. The molecule has 3 aromatic carbocycles. The molecule has 0 aliphatic heterocycles. The molecule has 0 aliphatic rings. The van der Waals surface area contributed by atoms with E-state index in [0.29, 0.717) is 11.4 Å². The van der Waals surface area contributed by atoms with Crippen molar-refractivity contribution in [1.29, 1.82) is 0 Å². The molecule has 0 fully saturated rings. The van der Waals surface area contributed by atoms with E-state index in [2.05, 4.69) is 15.7 Å². The second kappa shape index (κ2) is 8.62. The third-order valence-corrected chi connectivity index (χ3v) is 4.63. The molecule has 0 saturated carbocycles. The zero-order valence-corrected chi connectivity index (χ0v) is 16.7. The van der Waals surface area contributed by atoms with Crippen molar-refractivity contribution in [2.45, 2.75) is 6.92 Å². The van der Waals surface area contributed by atoms with E-state index in [0.717, 1.165) is 5.56 Å². The molecule has 4 aromatic rings. The van der Waals surface area contributed by atoms with Gasteiger partial charge >= 0.3 is 0 Å². The first-order valence-corrected chi connectivity index (χ1v) is 9.59. The van der Waals surface area contributed by atoms with E-state index < -0.39 is 17.6 Å². The van der Waals surface area contributed by atoms with Gasteiger partial charge in [-0.1, -0.05) is 30.3 Å². The van der Waals surface area contributed by atoms with E-state index >= 15 is 0 Å². The summed E-state index contributed by atoms with van der Waals surface area (Å²) in [5.74, 6) is -1.13. The lowest BCUT2D eigenvalue weighted by Crippen LogP contribution is -2.19. The van der Waals surface area contributed by atoms with Crippen molar-refractivity contribution in [3.63, 3.8) is 0 Å². The zero-order valence-electron chi connectivity index (χ0n) is 16.7. The summed E-state index contributed by atoms with van der Waals surface area (Å²) in [7, 11) is 0. The Morgan fingerprint density at radius 1 is 0.871 bits per heavy atom. The van der Waals surface area contributed by atoms with Crippen LogP contribution in [0.2, 0.25) is 0 Å². The lowest BCUT2D eigenvalue weighted by molar-refractivity contribution is 0.102. The number of aryl methyl sites for hydroxylation is 1. The number of benzene rings is 3. The topological polar surface area (TPSA) is 76.0 Å². The van der Waals surface area contributed by atoms with Crippen LogP contribution in [0.4, 0.5) is 15.9 Å². The van der Waals surface area contributed by atoms with Crippen LogP contribution in [0.3, 0.4) is 0 Å². The van der Waals surface area contributed by atoms with Gasteiger partial charge < -0.3 is 10.6 Å². The van der Waals surface area contributed by atoms with Crippen molar-refractivity contribution in [3.05, 3.63) is 108 Å². The lowest BCUT2D eigenvalue weighted by Gasteiger charge is -2.12. The monoisotopic (exact) mass is 414 g/mol. The van der Waals surface area contributed by atoms with Gasteiger partial charge in [0.2, 0.25) is 0 Å². The Kier molecular flexibility index (Phi) is 5.57. The first-order chi connectivity index (χ1) is 15.0. The Balaban J connectivity index is 1.70. The quantitative estimate of drug-likeness (QED) is 0.491. The average molecular weight is 414 g/mol. The lowest BCUT2D eigenvalue weighted by atomic mass is 10.2. The van der Waals surface area contributed by atoms with Gasteiger partial charge in [0.25, 0.3) is 11.8 Å². The van der Waals surface area contributed by atoms with E-state index in [9.17, 15) is 14.0 Å². The Labute approximate surface area is 178 Å². The number of carbonyl (C=O) groups excluding carboxylic acids is 2. The summed E-state index contributed by atoms with van der Waals surface area (Å²) in [5.41, 5.74) is 2.76. The van der Waals surface area contributed by atoms with Gasteiger partial charge in [0, 0.05) is 11.3 Å². The molecule has 154 valence electrons. The molecule has 0 radical (unpaired) electrons. The molecule has 0 bridgehead atoms. The highest BCUT2D eigenvalue weighted by atomic mass is 19.1. The maximum Gasteiger partial charge on any atom is 0.261 e. The van der Waals surface area contributed by atoms with Gasteiger partial charge in [-0.3, -0.25) is 9.59 Å². The smallest absolute Gasteiger partial charge is 0.261 e. The molecule has 2 amide bonds. The third kappa shape index (κ3) is 4.51. The number of amides is 2. The second-order valence-corrected chi connectivity index (χ2v) is 6.94. The van der Waals surface area contributed by atoms with Crippen molar-refractivity contribution in [2.24, 2.45) is 0 Å². The molecule has 31 heavy (non-hydrogen) atoms. The molecule has 0 saturated heterocycles. The van der Waals surface area contributed by atoms with Gasteiger partial charge in [-0.25, -0.2) is 9.07 Å². The predicted octanol–water partition coefficient (Wildman–Crippen LogP) is 4.82. The molecule has 1 heterocycles. The van der Waals surface area contributed by atoms with Gasteiger partial charge in [-0.15, -0.1) is 0 Å². The van der Waals surface area contributed by atoms with E-state index in [-0.39, 0.29) is 16.9 Å². The number of nitrogens with one attached hydrogen (secondary N) is 2. The van der Waals surface area contributed by atoms with E-state index in [1.54, 1.807) is 6.07 Å². The molecular formula is C24H19FN4O2. The van der Waals surface area contributed by atoms with Crippen LogP contribution in [0.15, 0.2) is 85.1 Å². The summed E-state index contributed by atoms with van der Waals surface area (Å²) in [6.45, 7) is 1.93. The Bertz CT molecular complexity index is 1230. The van der Waals surface area contributed by atoms with Crippen molar-refractivity contribution in [2.75, 3.05) is 10.6 Å². The number of aromatic nitrogens is 2. The van der Waals surface area contributed by atoms with Crippen LogP contribution in [-0.4, -0.2) is 21.6 Å². The van der Waals surface area contributed by atoms with Gasteiger partial charge in [-0.05, 0) is 61.0 Å².